The smallest absolute Gasteiger partial charge is 0.410 e. The number of nitrogens with zero attached hydrogens (tertiary/aromatic N) is 1. The molecule has 4 nitrogen and oxygen atoms in total. The highest BCUT2D eigenvalue weighted by Gasteiger charge is 2.35. The quantitative estimate of drug-likeness (QED) is 0.754. The molecular weight excluding hydrogens is 218 g/mol. The van der Waals surface area contributed by atoms with Crippen LogP contribution in [0.3, 0.4) is 0 Å². The lowest BCUT2D eigenvalue weighted by Crippen LogP contribution is -2.35. The van der Waals surface area contributed by atoms with E-state index in [2.05, 4.69) is 6.58 Å². The van der Waals surface area contributed by atoms with Gasteiger partial charge in [-0.2, -0.15) is 0 Å². The van der Waals surface area contributed by atoms with Crippen molar-refractivity contribution in [3.63, 3.8) is 0 Å². The first-order valence-electron chi connectivity index (χ1n) is 5.99. The molecule has 1 saturated heterocycles. The number of β-amino-alcohol motifs (C(OH)–C–C–N with tert-alkyl or cyclic N) is 1. The van der Waals surface area contributed by atoms with Crippen LogP contribution >= 0.6 is 0 Å². The fourth-order valence-corrected chi connectivity index (χ4v) is 1.98. The molecule has 1 amide bonds. The minimum absolute atomic E-state index is 0.0834. The molecule has 0 spiro atoms. The molecule has 0 unspecified atom stereocenters. The molecule has 1 fully saturated rings. The van der Waals surface area contributed by atoms with Crippen molar-refractivity contribution in [3.05, 3.63) is 12.2 Å². The molecule has 0 aromatic rings. The number of hydrogen-bond acceptors (Lipinski definition) is 3. The van der Waals surface area contributed by atoms with Crippen molar-refractivity contribution < 1.29 is 14.6 Å². The van der Waals surface area contributed by atoms with E-state index in [-0.39, 0.29) is 12.0 Å². The second kappa shape index (κ2) is 5.08. The molecule has 1 rings (SSSR count). The summed E-state index contributed by atoms with van der Waals surface area (Å²) in [4.78, 5) is 13.4. The maximum atomic E-state index is 11.8. The van der Waals surface area contributed by atoms with Gasteiger partial charge in [0.25, 0.3) is 0 Å². The van der Waals surface area contributed by atoms with Gasteiger partial charge in [-0.3, -0.25) is 0 Å². The van der Waals surface area contributed by atoms with Crippen molar-refractivity contribution in [2.45, 2.75) is 45.8 Å². The fraction of sp³-hybridized carbons (Fsp3) is 0.769. The first-order valence-corrected chi connectivity index (χ1v) is 5.99. The molecule has 0 radical (unpaired) electrons. The highest BCUT2D eigenvalue weighted by atomic mass is 16.6. The van der Waals surface area contributed by atoms with E-state index in [0.717, 1.165) is 12.0 Å². The zero-order chi connectivity index (χ0) is 13.2. The van der Waals surface area contributed by atoms with E-state index in [1.54, 1.807) is 4.90 Å². The molecule has 2 atom stereocenters. The Balaban J connectivity index is 2.53. The largest absolute Gasteiger partial charge is 0.444 e. The molecule has 0 aliphatic carbocycles. The van der Waals surface area contributed by atoms with Gasteiger partial charge in [0.05, 0.1) is 12.6 Å². The summed E-state index contributed by atoms with van der Waals surface area (Å²) < 4.78 is 5.28. The molecule has 4 heteroatoms. The van der Waals surface area contributed by atoms with Crippen LogP contribution in [0.15, 0.2) is 12.2 Å². The molecule has 98 valence electrons. The van der Waals surface area contributed by atoms with Gasteiger partial charge in [0, 0.05) is 12.5 Å². The fourth-order valence-electron chi connectivity index (χ4n) is 1.98. The topological polar surface area (TPSA) is 49.8 Å². The Morgan fingerprint density at radius 2 is 2.06 bits per heavy atom. The lowest BCUT2D eigenvalue weighted by Gasteiger charge is -2.24. The predicted octanol–water partition coefficient (Wildman–Crippen LogP) is 2.18. The minimum atomic E-state index is -0.492. The van der Waals surface area contributed by atoms with Gasteiger partial charge in [-0.25, -0.2) is 4.79 Å². The van der Waals surface area contributed by atoms with E-state index in [9.17, 15) is 9.90 Å². The van der Waals surface area contributed by atoms with Gasteiger partial charge < -0.3 is 14.7 Å². The number of carbonyl (C=O) groups excluding carboxylic acids is 1. The second-order valence-electron chi connectivity index (χ2n) is 5.87. The van der Waals surface area contributed by atoms with Gasteiger partial charge in [-0.1, -0.05) is 5.57 Å². The highest BCUT2D eigenvalue weighted by molar-refractivity contribution is 5.68. The van der Waals surface area contributed by atoms with Gasteiger partial charge in [0.2, 0.25) is 0 Å². The number of aliphatic hydroxyl groups excluding tert-OH is 1. The van der Waals surface area contributed by atoms with E-state index in [1.165, 1.54) is 0 Å². The van der Waals surface area contributed by atoms with Crippen LogP contribution in [0.25, 0.3) is 0 Å². The molecule has 1 aliphatic heterocycles. The first kappa shape index (κ1) is 14.0. The lowest BCUT2D eigenvalue weighted by atomic mass is 9.98. The van der Waals surface area contributed by atoms with Crippen molar-refractivity contribution >= 4 is 6.09 Å². The average molecular weight is 241 g/mol. The molecule has 0 aromatic carbocycles. The van der Waals surface area contributed by atoms with E-state index in [1.807, 2.05) is 27.7 Å². The van der Waals surface area contributed by atoms with Crippen LogP contribution in [-0.4, -0.2) is 40.9 Å². The maximum Gasteiger partial charge on any atom is 0.410 e. The number of aliphatic hydroxyl groups is 1. The van der Waals surface area contributed by atoms with Crippen LogP contribution in [0.4, 0.5) is 4.79 Å². The summed E-state index contributed by atoms with van der Waals surface area (Å²) in [6.07, 6.45) is -0.0690. The zero-order valence-electron chi connectivity index (χ0n) is 11.2. The Morgan fingerprint density at radius 1 is 1.47 bits per heavy atom. The molecule has 0 aromatic heterocycles. The third-order valence-corrected chi connectivity index (χ3v) is 2.67. The van der Waals surface area contributed by atoms with Crippen LogP contribution in [0.2, 0.25) is 0 Å². The Kier molecular flexibility index (Phi) is 4.20. The number of allylic oxidation sites excluding steroid dienone is 1. The SMILES string of the molecule is C=C(C)C[C@@H]1CN(C(=O)OC(C)(C)C)C[C@H]1O. The van der Waals surface area contributed by atoms with Crippen LogP contribution in [0.1, 0.15) is 34.1 Å². The summed E-state index contributed by atoms with van der Waals surface area (Å²) >= 11 is 0. The van der Waals surface area contributed by atoms with Gasteiger partial charge >= 0.3 is 6.09 Å². The van der Waals surface area contributed by atoms with E-state index < -0.39 is 11.7 Å². The minimum Gasteiger partial charge on any atom is -0.444 e. The van der Waals surface area contributed by atoms with Crippen molar-refractivity contribution in [1.29, 1.82) is 0 Å². The van der Waals surface area contributed by atoms with E-state index in [4.69, 9.17) is 4.74 Å². The van der Waals surface area contributed by atoms with Crippen LogP contribution in [0.5, 0.6) is 0 Å². The maximum absolute atomic E-state index is 11.8. The Morgan fingerprint density at radius 3 is 2.53 bits per heavy atom. The Hall–Kier alpha value is -1.03. The summed E-state index contributed by atoms with van der Waals surface area (Å²) in [6.45, 7) is 12.2. The lowest BCUT2D eigenvalue weighted by molar-refractivity contribution is 0.0270. The highest BCUT2D eigenvalue weighted by Crippen LogP contribution is 2.24. The third-order valence-electron chi connectivity index (χ3n) is 2.67. The zero-order valence-corrected chi connectivity index (χ0v) is 11.2. The number of likely N-dealkylation sites (tertiary alicyclic amines) is 1. The molecule has 1 aliphatic rings. The Bertz CT molecular complexity index is 306. The van der Waals surface area contributed by atoms with E-state index >= 15 is 0 Å². The van der Waals surface area contributed by atoms with Crippen LogP contribution < -0.4 is 0 Å². The normalized spacial score (nSPS) is 24.9. The van der Waals surface area contributed by atoms with Gasteiger partial charge in [-0.15, -0.1) is 6.58 Å². The molecule has 17 heavy (non-hydrogen) atoms. The number of rotatable bonds is 2. The monoisotopic (exact) mass is 241 g/mol. The molecule has 0 saturated carbocycles. The van der Waals surface area contributed by atoms with Crippen molar-refractivity contribution in [3.8, 4) is 0 Å². The summed E-state index contributed by atoms with van der Waals surface area (Å²) in [7, 11) is 0. The predicted molar refractivity (Wildman–Crippen MR) is 66.7 cm³/mol. The summed E-state index contributed by atoms with van der Waals surface area (Å²) in [5, 5.41) is 9.86. The Labute approximate surface area is 103 Å². The standard InChI is InChI=1S/C13H23NO3/c1-9(2)6-10-7-14(8-11(10)15)12(16)17-13(3,4)5/h10-11,15H,1,6-8H2,2-5H3/t10-,11-/m1/s1. The number of hydrogen-bond donors (Lipinski definition) is 1. The summed E-state index contributed by atoms with van der Waals surface area (Å²) in [5.74, 6) is 0.0834. The van der Waals surface area contributed by atoms with Gasteiger partial charge in [-0.05, 0) is 34.1 Å². The molecule has 1 heterocycles. The van der Waals surface area contributed by atoms with Gasteiger partial charge in [0.1, 0.15) is 5.60 Å². The number of ether oxygens (including phenoxy) is 1. The van der Waals surface area contributed by atoms with Crippen molar-refractivity contribution in [1.82, 2.24) is 4.90 Å². The van der Waals surface area contributed by atoms with Crippen LogP contribution in [-0.2, 0) is 4.74 Å². The van der Waals surface area contributed by atoms with Gasteiger partial charge in [0.15, 0.2) is 0 Å². The van der Waals surface area contributed by atoms with Crippen molar-refractivity contribution in [2.75, 3.05) is 13.1 Å². The summed E-state index contributed by atoms with van der Waals surface area (Å²) in [5.41, 5.74) is 0.536. The molecular formula is C13H23NO3. The first-order chi connectivity index (χ1) is 7.69. The number of carbonyl (C=O) groups is 1. The van der Waals surface area contributed by atoms with Crippen molar-refractivity contribution in [2.24, 2.45) is 5.92 Å². The average Bonchev–Trinajstić information content (AvgIpc) is 2.44. The number of amides is 1. The van der Waals surface area contributed by atoms with Crippen LogP contribution in [0, 0.1) is 5.92 Å². The third kappa shape index (κ3) is 4.38. The molecule has 1 N–H and O–H groups in total. The van der Waals surface area contributed by atoms with E-state index in [0.29, 0.717) is 13.1 Å². The second-order valence-corrected chi connectivity index (χ2v) is 5.87. The summed E-state index contributed by atoms with van der Waals surface area (Å²) in [6, 6.07) is 0. The molecule has 0 bridgehead atoms.